The number of halogens is 1. The highest BCUT2D eigenvalue weighted by molar-refractivity contribution is 7.21. The second-order valence-corrected chi connectivity index (χ2v) is 8.40. The smallest absolute Gasteiger partial charge is 0.262 e. The first-order valence-corrected chi connectivity index (χ1v) is 10.5. The third-order valence-corrected chi connectivity index (χ3v) is 6.05. The van der Waals surface area contributed by atoms with Gasteiger partial charge in [0.25, 0.3) is 5.91 Å². The van der Waals surface area contributed by atoms with Crippen molar-refractivity contribution in [2.24, 2.45) is 5.92 Å². The van der Waals surface area contributed by atoms with Gasteiger partial charge in [0.05, 0.1) is 11.5 Å². The van der Waals surface area contributed by atoms with E-state index in [1.54, 1.807) is 36.7 Å². The molecule has 0 spiro atoms. The SMILES string of the molecule is COCc1c(C(=O)NC(c2nc(-c3ccncc3)no2)C(C)C)sc2cccc(F)c12. The lowest BCUT2D eigenvalue weighted by molar-refractivity contribution is 0.0914. The maximum atomic E-state index is 14.4. The minimum absolute atomic E-state index is 0.0216. The summed E-state index contributed by atoms with van der Waals surface area (Å²) in [6.45, 7) is 4.02. The molecule has 0 saturated carbocycles. The van der Waals surface area contributed by atoms with Crippen molar-refractivity contribution in [2.45, 2.75) is 26.5 Å². The number of amides is 1. The number of carbonyl (C=O) groups is 1. The van der Waals surface area contributed by atoms with Crippen molar-refractivity contribution in [1.82, 2.24) is 20.4 Å². The first kappa shape index (κ1) is 21.1. The summed E-state index contributed by atoms with van der Waals surface area (Å²) < 4.78 is 25.8. The quantitative estimate of drug-likeness (QED) is 0.446. The highest BCUT2D eigenvalue weighted by atomic mass is 32.1. The van der Waals surface area contributed by atoms with Crippen molar-refractivity contribution in [1.29, 1.82) is 0 Å². The number of hydrogen-bond acceptors (Lipinski definition) is 7. The van der Waals surface area contributed by atoms with E-state index in [9.17, 15) is 9.18 Å². The van der Waals surface area contributed by atoms with Crippen LogP contribution in [0.15, 0.2) is 47.2 Å². The van der Waals surface area contributed by atoms with Gasteiger partial charge in [0.15, 0.2) is 0 Å². The minimum atomic E-state index is -0.513. The van der Waals surface area contributed by atoms with E-state index in [0.29, 0.717) is 32.2 Å². The van der Waals surface area contributed by atoms with Gasteiger partial charge in [0.2, 0.25) is 11.7 Å². The van der Waals surface area contributed by atoms with E-state index < -0.39 is 6.04 Å². The monoisotopic (exact) mass is 440 g/mol. The van der Waals surface area contributed by atoms with Crippen molar-refractivity contribution >= 4 is 27.3 Å². The Morgan fingerprint density at radius 3 is 2.74 bits per heavy atom. The van der Waals surface area contributed by atoms with E-state index in [1.807, 2.05) is 13.8 Å². The van der Waals surface area contributed by atoms with Crippen LogP contribution < -0.4 is 5.32 Å². The van der Waals surface area contributed by atoms with E-state index in [-0.39, 0.29) is 24.2 Å². The van der Waals surface area contributed by atoms with Crippen LogP contribution in [0, 0.1) is 11.7 Å². The molecule has 3 aromatic heterocycles. The summed E-state index contributed by atoms with van der Waals surface area (Å²) in [6, 6.07) is 7.84. The fourth-order valence-electron chi connectivity index (χ4n) is 3.33. The molecule has 1 N–H and O–H groups in total. The van der Waals surface area contributed by atoms with Gasteiger partial charge in [0.1, 0.15) is 11.9 Å². The first-order chi connectivity index (χ1) is 15.0. The second-order valence-electron chi connectivity index (χ2n) is 7.34. The standard InChI is InChI=1S/C22H21FN4O3S/c1-12(2)18(22-26-20(27-30-22)13-7-9-24-10-8-13)25-21(28)19-14(11-29-3)17-15(23)5-4-6-16(17)31-19/h4-10,12,18H,11H2,1-3H3,(H,25,28). The number of carbonyl (C=O) groups excluding carboxylic acids is 1. The van der Waals surface area contributed by atoms with E-state index >= 15 is 0 Å². The van der Waals surface area contributed by atoms with Crippen LogP contribution in [0.5, 0.6) is 0 Å². The van der Waals surface area contributed by atoms with Crippen LogP contribution in [0.25, 0.3) is 21.5 Å². The lowest BCUT2D eigenvalue weighted by Crippen LogP contribution is -2.32. The predicted molar refractivity (Wildman–Crippen MR) is 115 cm³/mol. The summed E-state index contributed by atoms with van der Waals surface area (Å²) in [5.74, 6) is -0.0158. The summed E-state index contributed by atoms with van der Waals surface area (Å²) in [5, 5.41) is 7.42. The van der Waals surface area contributed by atoms with Crippen molar-refractivity contribution < 1.29 is 18.4 Å². The Morgan fingerprint density at radius 1 is 1.26 bits per heavy atom. The number of thiophene rings is 1. The van der Waals surface area contributed by atoms with Gasteiger partial charge >= 0.3 is 0 Å². The number of nitrogens with one attached hydrogen (secondary N) is 1. The van der Waals surface area contributed by atoms with Crippen LogP contribution in [-0.2, 0) is 11.3 Å². The second kappa shape index (κ2) is 8.91. The molecule has 0 aliphatic heterocycles. The predicted octanol–water partition coefficient (Wildman–Crippen LogP) is 4.76. The van der Waals surface area contributed by atoms with Gasteiger partial charge in [-0.2, -0.15) is 4.98 Å². The zero-order valence-electron chi connectivity index (χ0n) is 17.3. The molecule has 31 heavy (non-hydrogen) atoms. The van der Waals surface area contributed by atoms with Crippen LogP contribution in [0.3, 0.4) is 0 Å². The molecule has 1 aromatic carbocycles. The molecule has 7 nitrogen and oxygen atoms in total. The fourth-order valence-corrected chi connectivity index (χ4v) is 4.46. The summed E-state index contributed by atoms with van der Waals surface area (Å²) in [6.07, 6.45) is 3.29. The zero-order valence-corrected chi connectivity index (χ0v) is 18.1. The average molecular weight is 441 g/mol. The summed E-state index contributed by atoms with van der Waals surface area (Å²) >= 11 is 1.23. The van der Waals surface area contributed by atoms with E-state index in [2.05, 4.69) is 20.4 Å². The molecule has 9 heteroatoms. The zero-order chi connectivity index (χ0) is 22.0. The maximum Gasteiger partial charge on any atom is 0.262 e. The molecule has 160 valence electrons. The Kier molecular flexibility index (Phi) is 6.06. The third kappa shape index (κ3) is 4.19. The van der Waals surface area contributed by atoms with Crippen LogP contribution in [0.2, 0.25) is 0 Å². The van der Waals surface area contributed by atoms with E-state index in [1.165, 1.54) is 24.5 Å². The molecule has 1 atom stereocenters. The fraction of sp³-hybridized carbons (Fsp3) is 0.273. The number of methoxy groups -OCH3 is 1. The van der Waals surface area contributed by atoms with Crippen molar-refractivity contribution in [3.8, 4) is 11.4 Å². The number of hydrogen-bond donors (Lipinski definition) is 1. The van der Waals surface area contributed by atoms with Gasteiger partial charge in [-0.15, -0.1) is 11.3 Å². The van der Waals surface area contributed by atoms with E-state index in [4.69, 9.17) is 9.26 Å². The van der Waals surface area contributed by atoms with Gasteiger partial charge in [0, 0.05) is 40.7 Å². The molecule has 1 unspecified atom stereocenters. The number of aromatic nitrogens is 3. The molecule has 0 saturated heterocycles. The minimum Gasteiger partial charge on any atom is -0.380 e. The largest absolute Gasteiger partial charge is 0.380 e. The summed E-state index contributed by atoms with van der Waals surface area (Å²) in [5.41, 5.74) is 1.30. The molecule has 0 fully saturated rings. The number of pyridine rings is 1. The molecule has 0 aliphatic rings. The summed E-state index contributed by atoms with van der Waals surface area (Å²) in [4.78, 5) is 22.1. The van der Waals surface area contributed by atoms with Crippen LogP contribution in [0.1, 0.15) is 41.0 Å². The molecule has 4 rings (SSSR count). The maximum absolute atomic E-state index is 14.4. The highest BCUT2D eigenvalue weighted by Gasteiger charge is 2.28. The number of nitrogens with zero attached hydrogens (tertiary/aromatic N) is 3. The Bertz CT molecular complexity index is 1210. The lowest BCUT2D eigenvalue weighted by Gasteiger charge is -2.18. The Morgan fingerprint density at radius 2 is 2.03 bits per heavy atom. The van der Waals surface area contributed by atoms with Gasteiger partial charge in [-0.1, -0.05) is 25.1 Å². The van der Waals surface area contributed by atoms with E-state index in [0.717, 1.165) is 5.56 Å². The van der Waals surface area contributed by atoms with Crippen molar-refractivity contribution in [3.05, 3.63) is 64.9 Å². The van der Waals surface area contributed by atoms with Crippen molar-refractivity contribution in [3.63, 3.8) is 0 Å². The average Bonchev–Trinajstić information content (AvgIpc) is 3.39. The number of fused-ring (bicyclic) bond motifs is 1. The van der Waals surface area contributed by atoms with Gasteiger partial charge in [-0.25, -0.2) is 4.39 Å². The lowest BCUT2D eigenvalue weighted by atomic mass is 10.0. The Hall–Kier alpha value is -3.17. The van der Waals surface area contributed by atoms with Gasteiger partial charge in [-0.05, 0) is 30.2 Å². The molecule has 0 aliphatic carbocycles. The highest BCUT2D eigenvalue weighted by Crippen LogP contribution is 2.34. The molecule has 0 bridgehead atoms. The number of benzene rings is 1. The van der Waals surface area contributed by atoms with Crippen LogP contribution >= 0.6 is 11.3 Å². The molecule has 0 radical (unpaired) electrons. The molecule has 1 amide bonds. The molecular weight excluding hydrogens is 419 g/mol. The molecule has 4 aromatic rings. The van der Waals surface area contributed by atoms with Gasteiger partial charge in [-0.3, -0.25) is 9.78 Å². The topological polar surface area (TPSA) is 90.1 Å². The Labute approximate surface area is 182 Å². The van der Waals surface area contributed by atoms with Crippen LogP contribution in [-0.4, -0.2) is 28.1 Å². The summed E-state index contributed by atoms with van der Waals surface area (Å²) in [7, 11) is 1.52. The molecule has 3 heterocycles. The van der Waals surface area contributed by atoms with Crippen LogP contribution in [0.4, 0.5) is 4.39 Å². The molecular formula is C22H21FN4O3S. The van der Waals surface area contributed by atoms with Gasteiger partial charge < -0.3 is 14.6 Å². The van der Waals surface area contributed by atoms with Crippen molar-refractivity contribution in [2.75, 3.05) is 7.11 Å². The first-order valence-electron chi connectivity index (χ1n) is 9.73. The third-order valence-electron chi connectivity index (χ3n) is 4.86. The number of ether oxygens (including phenoxy) is 1. The number of rotatable bonds is 7. The Balaban J connectivity index is 1.65. The normalized spacial score (nSPS) is 12.4.